The van der Waals surface area contributed by atoms with Crippen molar-refractivity contribution < 1.29 is 4.39 Å². The van der Waals surface area contributed by atoms with Gasteiger partial charge in [0.25, 0.3) is 0 Å². The van der Waals surface area contributed by atoms with Crippen molar-refractivity contribution in [1.82, 2.24) is 15.4 Å². The van der Waals surface area contributed by atoms with Gasteiger partial charge < -0.3 is 5.73 Å². The number of rotatable bonds is 2. The zero-order valence-electron chi connectivity index (χ0n) is 7.92. The summed E-state index contributed by atoms with van der Waals surface area (Å²) in [6.07, 6.45) is 1.44. The molecule has 84 valence electrons. The van der Waals surface area contributed by atoms with Crippen LogP contribution in [0.15, 0.2) is 22.8 Å². The minimum Gasteiger partial charge on any atom is -0.319 e. The third-order valence-corrected chi connectivity index (χ3v) is 3.41. The molecule has 2 rings (SSSR count). The van der Waals surface area contributed by atoms with Crippen LogP contribution in [0.2, 0.25) is 5.02 Å². The number of hydrogen-bond acceptors (Lipinski definition) is 3. The van der Waals surface area contributed by atoms with Crippen LogP contribution in [0.25, 0.3) is 0 Å². The first-order valence-electron chi connectivity index (χ1n) is 4.36. The molecular weight excluding hydrogens is 298 g/mol. The number of hydrogen-bond donors (Lipinski definition) is 2. The lowest BCUT2D eigenvalue weighted by Crippen LogP contribution is -2.14. The summed E-state index contributed by atoms with van der Waals surface area (Å²) in [4.78, 5) is 0. The highest BCUT2D eigenvalue weighted by atomic mass is 79.9. The lowest BCUT2D eigenvalue weighted by atomic mass is 10.0. The van der Waals surface area contributed by atoms with Crippen LogP contribution in [0.3, 0.4) is 0 Å². The number of nitrogens with zero attached hydrogens (tertiary/aromatic N) is 2. The molecule has 16 heavy (non-hydrogen) atoms. The Morgan fingerprint density at radius 3 is 2.88 bits per heavy atom. The lowest BCUT2D eigenvalue weighted by Gasteiger charge is -2.11. The van der Waals surface area contributed by atoms with E-state index in [4.69, 9.17) is 17.3 Å². The maximum absolute atomic E-state index is 13.8. The summed E-state index contributed by atoms with van der Waals surface area (Å²) < 4.78 is 14.3. The van der Waals surface area contributed by atoms with Crippen molar-refractivity contribution in [3.63, 3.8) is 0 Å². The van der Waals surface area contributed by atoms with Crippen molar-refractivity contribution in [3.8, 4) is 0 Å². The number of H-pyrrole nitrogens is 1. The highest BCUT2D eigenvalue weighted by Crippen LogP contribution is 2.31. The minimum absolute atomic E-state index is 0.0106. The monoisotopic (exact) mass is 304 g/mol. The van der Waals surface area contributed by atoms with Gasteiger partial charge in [-0.2, -0.15) is 15.4 Å². The molecule has 7 heteroatoms. The summed E-state index contributed by atoms with van der Waals surface area (Å²) in [5.41, 5.74) is 6.58. The summed E-state index contributed by atoms with van der Waals surface area (Å²) >= 11 is 8.90. The van der Waals surface area contributed by atoms with E-state index in [1.807, 2.05) is 0 Å². The fraction of sp³-hybridized carbons (Fsp3) is 0.111. The zero-order chi connectivity index (χ0) is 11.7. The van der Waals surface area contributed by atoms with Gasteiger partial charge in [0.2, 0.25) is 0 Å². The van der Waals surface area contributed by atoms with Gasteiger partial charge in [0, 0.05) is 10.0 Å². The summed E-state index contributed by atoms with van der Waals surface area (Å²) in [6.45, 7) is 0. The molecule has 0 amide bonds. The molecule has 1 heterocycles. The molecule has 0 aliphatic rings. The third kappa shape index (κ3) is 1.95. The molecule has 1 atom stereocenters. The number of halogens is 3. The molecule has 0 bridgehead atoms. The first kappa shape index (κ1) is 11.5. The van der Waals surface area contributed by atoms with Crippen molar-refractivity contribution in [1.29, 1.82) is 0 Å². The second-order valence-corrected chi connectivity index (χ2v) is 4.37. The van der Waals surface area contributed by atoms with Crippen LogP contribution in [0.5, 0.6) is 0 Å². The average molecular weight is 306 g/mol. The Morgan fingerprint density at radius 1 is 1.50 bits per heavy atom. The molecule has 1 aromatic carbocycles. The molecule has 0 fully saturated rings. The fourth-order valence-electron chi connectivity index (χ4n) is 1.30. The van der Waals surface area contributed by atoms with Gasteiger partial charge in [-0.25, -0.2) is 4.39 Å². The maximum Gasteiger partial charge on any atom is 0.148 e. The van der Waals surface area contributed by atoms with E-state index in [2.05, 4.69) is 31.3 Å². The van der Waals surface area contributed by atoms with E-state index in [1.165, 1.54) is 6.20 Å². The molecule has 1 unspecified atom stereocenters. The van der Waals surface area contributed by atoms with Gasteiger partial charge in [-0.05, 0) is 22.0 Å². The van der Waals surface area contributed by atoms with Crippen molar-refractivity contribution in [3.05, 3.63) is 44.9 Å². The molecule has 1 aromatic heterocycles. The number of nitrogens with two attached hydrogens (primary N) is 1. The number of benzene rings is 1. The topological polar surface area (TPSA) is 67.6 Å². The van der Waals surface area contributed by atoms with Gasteiger partial charge in [0.1, 0.15) is 11.5 Å². The highest BCUT2D eigenvalue weighted by Gasteiger charge is 2.19. The van der Waals surface area contributed by atoms with E-state index in [0.717, 1.165) is 0 Å². The van der Waals surface area contributed by atoms with Gasteiger partial charge in [0.05, 0.1) is 17.3 Å². The normalized spacial score (nSPS) is 12.8. The smallest absolute Gasteiger partial charge is 0.148 e. The molecule has 0 radical (unpaired) electrons. The van der Waals surface area contributed by atoms with Crippen molar-refractivity contribution in [2.24, 2.45) is 5.73 Å². The van der Waals surface area contributed by atoms with E-state index >= 15 is 0 Å². The second kappa shape index (κ2) is 4.48. The Bertz CT molecular complexity index is 502. The summed E-state index contributed by atoms with van der Waals surface area (Å²) in [5, 5.41) is 9.85. The van der Waals surface area contributed by atoms with E-state index < -0.39 is 11.9 Å². The van der Waals surface area contributed by atoms with Crippen molar-refractivity contribution in [2.75, 3.05) is 0 Å². The molecule has 0 spiro atoms. The van der Waals surface area contributed by atoms with E-state index in [1.54, 1.807) is 12.1 Å². The van der Waals surface area contributed by atoms with Crippen LogP contribution in [0.1, 0.15) is 17.3 Å². The number of aromatic amines is 1. The van der Waals surface area contributed by atoms with Crippen LogP contribution in [-0.4, -0.2) is 15.4 Å². The first-order valence-corrected chi connectivity index (χ1v) is 5.53. The maximum atomic E-state index is 13.8. The Balaban J connectivity index is 2.45. The first-order chi connectivity index (χ1) is 7.61. The Hall–Kier alpha value is -0.980. The van der Waals surface area contributed by atoms with Gasteiger partial charge in [0.15, 0.2) is 0 Å². The molecule has 4 nitrogen and oxygen atoms in total. The molecule has 0 aliphatic heterocycles. The van der Waals surface area contributed by atoms with E-state index in [0.29, 0.717) is 10.2 Å². The second-order valence-electron chi connectivity index (χ2n) is 3.14. The largest absolute Gasteiger partial charge is 0.319 e. The molecule has 2 aromatic rings. The summed E-state index contributed by atoms with van der Waals surface area (Å²) in [6, 6.07) is 2.51. The SMILES string of the molecule is NC(c1cn[nH]n1)c1ccc(Br)c(Cl)c1F. The standard InChI is InChI=1S/C9H7BrClFN4/c10-5-2-1-4(8(12)7(5)11)9(13)6-3-14-16-15-6/h1-3,9H,13H2,(H,14,15,16). The van der Waals surface area contributed by atoms with Gasteiger partial charge in [-0.15, -0.1) is 0 Å². The molecular formula is C9H7BrClFN4. The fourth-order valence-corrected chi connectivity index (χ4v) is 1.78. The lowest BCUT2D eigenvalue weighted by molar-refractivity contribution is 0.596. The predicted molar refractivity (Wildman–Crippen MR) is 61.5 cm³/mol. The van der Waals surface area contributed by atoms with Crippen LogP contribution >= 0.6 is 27.5 Å². The van der Waals surface area contributed by atoms with Crippen LogP contribution in [-0.2, 0) is 0 Å². The molecule has 3 N–H and O–H groups in total. The summed E-state index contributed by atoms with van der Waals surface area (Å²) in [5.74, 6) is -0.549. The average Bonchev–Trinajstić information content (AvgIpc) is 2.79. The Kier molecular flexibility index (Phi) is 3.22. The number of aromatic nitrogens is 3. The number of nitrogens with one attached hydrogen (secondary N) is 1. The zero-order valence-corrected chi connectivity index (χ0v) is 10.3. The van der Waals surface area contributed by atoms with Gasteiger partial charge >= 0.3 is 0 Å². The predicted octanol–water partition coefficient (Wildman–Crippen LogP) is 2.41. The third-order valence-electron chi connectivity index (χ3n) is 2.15. The highest BCUT2D eigenvalue weighted by molar-refractivity contribution is 9.10. The quantitative estimate of drug-likeness (QED) is 0.837. The molecule has 0 saturated heterocycles. The van der Waals surface area contributed by atoms with E-state index in [-0.39, 0.29) is 10.6 Å². The molecule has 0 aliphatic carbocycles. The van der Waals surface area contributed by atoms with Crippen molar-refractivity contribution >= 4 is 27.5 Å². The minimum atomic E-state index is -0.690. The van der Waals surface area contributed by atoms with Crippen LogP contribution in [0.4, 0.5) is 4.39 Å². The van der Waals surface area contributed by atoms with Crippen molar-refractivity contribution in [2.45, 2.75) is 6.04 Å². The van der Waals surface area contributed by atoms with Crippen LogP contribution in [0, 0.1) is 5.82 Å². The van der Waals surface area contributed by atoms with E-state index in [9.17, 15) is 4.39 Å². The van der Waals surface area contributed by atoms with Gasteiger partial charge in [-0.1, -0.05) is 17.7 Å². The van der Waals surface area contributed by atoms with Crippen LogP contribution < -0.4 is 5.73 Å². The molecule has 0 saturated carbocycles. The Labute approximate surface area is 104 Å². The summed E-state index contributed by atoms with van der Waals surface area (Å²) in [7, 11) is 0. The van der Waals surface area contributed by atoms with Gasteiger partial charge in [-0.3, -0.25) is 0 Å². The Morgan fingerprint density at radius 2 is 2.25 bits per heavy atom.